The Kier molecular flexibility index (Phi) is 4.98. The van der Waals surface area contributed by atoms with Crippen molar-refractivity contribution in [1.82, 2.24) is 14.8 Å². The summed E-state index contributed by atoms with van der Waals surface area (Å²) in [6.45, 7) is 4.40. The predicted molar refractivity (Wildman–Crippen MR) is 84.2 cm³/mol. The van der Waals surface area contributed by atoms with Crippen molar-refractivity contribution in [1.29, 1.82) is 0 Å². The van der Waals surface area contributed by atoms with E-state index in [4.69, 9.17) is 5.73 Å². The van der Waals surface area contributed by atoms with Crippen LogP contribution in [0.15, 0.2) is 23.4 Å². The number of nitrogens with two attached hydrogens (primary N) is 1. The van der Waals surface area contributed by atoms with E-state index >= 15 is 0 Å². The number of aromatic nitrogens is 3. The third kappa shape index (κ3) is 3.83. The number of thioether (sulfide) groups is 1. The smallest absolute Gasteiger partial charge is 0.234 e. The van der Waals surface area contributed by atoms with Gasteiger partial charge in [0.05, 0.1) is 12.3 Å². The molecule has 0 aliphatic heterocycles. The molecule has 1 aromatic heterocycles. The molecule has 0 atom stereocenters. The summed E-state index contributed by atoms with van der Waals surface area (Å²) in [6.07, 6.45) is 0. The topological polar surface area (TPSA) is 85.8 Å². The first-order valence-corrected chi connectivity index (χ1v) is 7.58. The molecule has 0 aliphatic rings. The summed E-state index contributed by atoms with van der Waals surface area (Å²) < 4.78 is 1.80. The lowest BCUT2D eigenvalue weighted by Gasteiger charge is -2.07. The lowest BCUT2D eigenvalue weighted by molar-refractivity contribution is -0.113. The largest absolute Gasteiger partial charge is 0.325 e. The summed E-state index contributed by atoms with van der Waals surface area (Å²) in [7, 11) is 1.84. The van der Waals surface area contributed by atoms with Gasteiger partial charge in [0.25, 0.3) is 0 Å². The molecule has 0 unspecified atom stereocenters. The molecule has 0 saturated heterocycles. The van der Waals surface area contributed by atoms with Crippen LogP contribution in [-0.4, -0.2) is 26.4 Å². The number of hydrogen-bond acceptors (Lipinski definition) is 5. The van der Waals surface area contributed by atoms with Crippen LogP contribution in [0.25, 0.3) is 0 Å². The third-order valence-electron chi connectivity index (χ3n) is 3.23. The van der Waals surface area contributed by atoms with Crippen LogP contribution in [0.4, 0.5) is 5.69 Å². The molecular weight excluding hydrogens is 286 g/mol. The van der Waals surface area contributed by atoms with E-state index in [-0.39, 0.29) is 11.7 Å². The van der Waals surface area contributed by atoms with E-state index < -0.39 is 0 Å². The molecule has 0 bridgehead atoms. The van der Waals surface area contributed by atoms with Crippen LogP contribution >= 0.6 is 11.8 Å². The van der Waals surface area contributed by atoms with Crippen LogP contribution in [0, 0.1) is 13.8 Å². The number of aryl methyl sites for hydroxylation is 2. The van der Waals surface area contributed by atoms with Crippen LogP contribution < -0.4 is 11.1 Å². The van der Waals surface area contributed by atoms with Gasteiger partial charge >= 0.3 is 0 Å². The van der Waals surface area contributed by atoms with Crippen molar-refractivity contribution >= 4 is 23.4 Å². The summed E-state index contributed by atoms with van der Waals surface area (Å²) in [5.41, 5.74) is 8.70. The van der Waals surface area contributed by atoms with Gasteiger partial charge in [-0.3, -0.25) is 4.79 Å². The number of carbonyl (C=O) groups excluding carboxylic acids is 1. The summed E-state index contributed by atoms with van der Waals surface area (Å²) >= 11 is 1.34. The Labute approximate surface area is 128 Å². The first-order valence-electron chi connectivity index (χ1n) is 6.59. The zero-order valence-corrected chi connectivity index (χ0v) is 13.2. The fraction of sp³-hybridized carbons (Fsp3) is 0.357. The van der Waals surface area contributed by atoms with Gasteiger partial charge in [-0.05, 0) is 37.1 Å². The average Bonchev–Trinajstić information content (AvgIpc) is 2.81. The second kappa shape index (κ2) is 6.73. The van der Waals surface area contributed by atoms with E-state index in [1.54, 1.807) is 4.57 Å². The number of rotatable bonds is 5. The zero-order chi connectivity index (χ0) is 15.4. The van der Waals surface area contributed by atoms with Gasteiger partial charge < -0.3 is 15.6 Å². The number of nitrogens with one attached hydrogen (secondary N) is 1. The van der Waals surface area contributed by atoms with Crippen molar-refractivity contribution in [2.75, 3.05) is 11.1 Å². The van der Waals surface area contributed by atoms with Crippen molar-refractivity contribution in [3.05, 3.63) is 35.2 Å². The third-order valence-corrected chi connectivity index (χ3v) is 4.25. The molecule has 0 fully saturated rings. The van der Waals surface area contributed by atoms with E-state index in [1.807, 2.05) is 39.1 Å². The summed E-state index contributed by atoms with van der Waals surface area (Å²) in [6, 6.07) is 5.86. The number of benzene rings is 1. The lowest BCUT2D eigenvalue weighted by Crippen LogP contribution is -2.14. The van der Waals surface area contributed by atoms with Crippen LogP contribution in [-0.2, 0) is 18.4 Å². The van der Waals surface area contributed by atoms with E-state index in [0.717, 1.165) is 11.3 Å². The summed E-state index contributed by atoms with van der Waals surface area (Å²) in [5.74, 6) is 0.913. The monoisotopic (exact) mass is 305 g/mol. The van der Waals surface area contributed by atoms with Gasteiger partial charge in [0.15, 0.2) is 5.16 Å². The van der Waals surface area contributed by atoms with Crippen LogP contribution in [0.2, 0.25) is 0 Å². The number of amides is 1. The predicted octanol–water partition coefficient (Wildman–Crippen LogP) is 1.62. The molecule has 112 valence electrons. The van der Waals surface area contributed by atoms with Crippen molar-refractivity contribution in [2.24, 2.45) is 12.8 Å². The Morgan fingerprint density at radius 2 is 2.10 bits per heavy atom. The maximum atomic E-state index is 12.0. The molecule has 2 rings (SSSR count). The maximum Gasteiger partial charge on any atom is 0.234 e. The lowest BCUT2D eigenvalue weighted by atomic mass is 10.1. The maximum absolute atomic E-state index is 12.0. The molecule has 1 aromatic carbocycles. The van der Waals surface area contributed by atoms with Gasteiger partial charge in [0.1, 0.15) is 5.82 Å². The Balaban J connectivity index is 1.92. The van der Waals surface area contributed by atoms with Crippen LogP contribution in [0.1, 0.15) is 17.0 Å². The fourth-order valence-electron chi connectivity index (χ4n) is 1.79. The Bertz CT molecular complexity index is 653. The van der Waals surface area contributed by atoms with Crippen molar-refractivity contribution < 1.29 is 4.79 Å². The quantitative estimate of drug-likeness (QED) is 0.820. The highest BCUT2D eigenvalue weighted by Gasteiger charge is 2.10. The summed E-state index contributed by atoms with van der Waals surface area (Å²) in [4.78, 5) is 12.0. The standard InChI is InChI=1S/C14H19N5OS/c1-9-4-5-11(6-10(9)2)16-13(20)8-21-14-18-17-12(7-15)19(14)3/h4-6H,7-8,15H2,1-3H3,(H,16,20). The molecule has 1 amide bonds. The van der Waals surface area contributed by atoms with Gasteiger partial charge in [-0.2, -0.15) is 0 Å². The number of nitrogens with zero attached hydrogens (tertiary/aromatic N) is 3. The minimum atomic E-state index is -0.0689. The Hall–Kier alpha value is -1.86. The molecule has 7 heteroatoms. The van der Waals surface area contributed by atoms with E-state index in [1.165, 1.54) is 17.3 Å². The second-order valence-corrected chi connectivity index (χ2v) is 5.74. The van der Waals surface area contributed by atoms with Crippen molar-refractivity contribution in [3.63, 3.8) is 0 Å². The minimum absolute atomic E-state index is 0.0689. The van der Waals surface area contributed by atoms with Crippen molar-refractivity contribution in [2.45, 2.75) is 25.5 Å². The molecule has 21 heavy (non-hydrogen) atoms. The van der Waals surface area contributed by atoms with Crippen LogP contribution in [0.3, 0.4) is 0 Å². The number of carbonyl (C=O) groups is 1. The molecular formula is C14H19N5OS. The van der Waals surface area contributed by atoms with Gasteiger partial charge in [0, 0.05) is 12.7 Å². The molecule has 1 heterocycles. The molecule has 6 nitrogen and oxygen atoms in total. The number of hydrogen-bond donors (Lipinski definition) is 2. The van der Waals surface area contributed by atoms with E-state index in [0.29, 0.717) is 17.5 Å². The van der Waals surface area contributed by atoms with Gasteiger partial charge in [-0.15, -0.1) is 10.2 Å². The van der Waals surface area contributed by atoms with Gasteiger partial charge in [-0.1, -0.05) is 17.8 Å². The van der Waals surface area contributed by atoms with E-state index in [2.05, 4.69) is 15.5 Å². The first-order chi connectivity index (χ1) is 10.0. The Morgan fingerprint density at radius 3 is 2.71 bits per heavy atom. The molecule has 0 spiro atoms. The molecule has 0 aliphatic carbocycles. The van der Waals surface area contributed by atoms with Gasteiger partial charge in [-0.25, -0.2) is 0 Å². The average molecular weight is 305 g/mol. The normalized spacial score (nSPS) is 10.7. The second-order valence-electron chi connectivity index (χ2n) is 4.80. The zero-order valence-electron chi connectivity index (χ0n) is 12.4. The van der Waals surface area contributed by atoms with E-state index in [9.17, 15) is 4.79 Å². The molecule has 2 aromatic rings. The van der Waals surface area contributed by atoms with Crippen molar-refractivity contribution in [3.8, 4) is 0 Å². The van der Waals surface area contributed by atoms with Gasteiger partial charge in [0.2, 0.25) is 5.91 Å². The SMILES string of the molecule is Cc1ccc(NC(=O)CSc2nnc(CN)n2C)cc1C. The highest BCUT2D eigenvalue weighted by molar-refractivity contribution is 7.99. The fourth-order valence-corrected chi connectivity index (χ4v) is 2.52. The Morgan fingerprint density at radius 1 is 1.33 bits per heavy atom. The molecule has 0 radical (unpaired) electrons. The van der Waals surface area contributed by atoms with Crippen LogP contribution in [0.5, 0.6) is 0 Å². The first kappa shape index (κ1) is 15.5. The minimum Gasteiger partial charge on any atom is -0.325 e. The highest BCUT2D eigenvalue weighted by Crippen LogP contribution is 2.17. The summed E-state index contributed by atoms with van der Waals surface area (Å²) in [5, 5.41) is 11.5. The number of anilines is 1. The molecule has 3 N–H and O–H groups in total. The highest BCUT2D eigenvalue weighted by atomic mass is 32.2. The molecule has 0 saturated carbocycles.